The fourth-order valence-electron chi connectivity index (χ4n) is 3.93. The molecule has 3 atom stereocenters. The highest BCUT2D eigenvalue weighted by atomic mass is 35.5. The summed E-state index contributed by atoms with van der Waals surface area (Å²) in [6.45, 7) is 2.89. The van der Waals surface area contributed by atoms with E-state index in [1.165, 1.54) is 12.1 Å². The average molecular weight is 438 g/mol. The van der Waals surface area contributed by atoms with Crippen molar-refractivity contribution in [3.05, 3.63) is 35.4 Å². The van der Waals surface area contributed by atoms with Gasteiger partial charge in [-0.2, -0.15) is 0 Å². The van der Waals surface area contributed by atoms with E-state index in [1.807, 2.05) is 0 Å². The fourth-order valence-corrected chi connectivity index (χ4v) is 5.60. The van der Waals surface area contributed by atoms with E-state index in [1.54, 1.807) is 26.0 Å². The zero-order valence-corrected chi connectivity index (χ0v) is 16.9. The maximum Gasteiger partial charge on any atom is 0.324 e. The van der Waals surface area contributed by atoms with E-state index in [0.29, 0.717) is 0 Å². The van der Waals surface area contributed by atoms with Gasteiger partial charge < -0.3 is 10.0 Å². The van der Waals surface area contributed by atoms with Crippen LogP contribution in [-0.4, -0.2) is 77.7 Å². The number of imide groups is 1. The molecule has 9 nitrogen and oxygen atoms in total. The van der Waals surface area contributed by atoms with Crippen molar-refractivity contribution in [2.75, 3.05) is 6.54 Å². The molecule has 3 aliphatic rings. The second kappa shape index (κ2) is 6.46. The molecule has 0 unspecified atom stereocenters. The van der Waals surface area contributed by atoms with Gasteiger partial charge in [0.05, 0.1) is 15.9 Å². The quantitative estimate of drug-likeness (QED) is 0.243. The first-order chi connectivity index (χ1) is 13.6. The number of halogens is 1. The molecule has 2 fully saturated rings. The molecule has 29 heavy (non-hydrogen) atoms. The smallest absolute Gasteiger partial charge is 0.324 e. The number of nitrogens with zero attached hydrogens (tertiary/aromatic N) is 3. The Morgan fingerprint density at radius 1 is 1.10 bits per heavy atom. The summed E-state index contributed by atoms with van der Waals surface area (Å²) in [6, 6.07) is 4.02. The van der Waals surface area contributed by atoms with Crippen LogP contribution in [0.3, 0.4) is 0 Å². The summed E-state index contributed by atoms with van der Waals surface area (Å²) < 4.78 is 0.252. The minimum absolute atomic E-state index is 0.202. The molecule has 0 aliphatic carbocycles. The maximum atomic E-state index is 12.9. The van der Waals surface area contributed by atoms with Gasteiger partial charge in [0, 0.05) is 0 Å². The van der Waals surface area contributed by atoms with Crippen LogP contribution in [0.15, 0.2) is 24.3 Å². The summed E-state index contributed by atoms with van der Waals surface area (Å²) >= 11 is 7.44. The Bertz CT molecular complexity index is 947. The molecule has 0 aromatic heterocycles. The number of likely N-dealkylation sites (tertiary alicyclic amines) is 1. The number of carbonyl (C=O) groups is 5. The molecule has 3 aliphatic heterocycles. The van der Waals surface area contributed by atoms with Crippen molar-refractivity contribution in [2.24, 2.45) is 0 Å². The summed E-state index contributed by atoms with van der Waals surface area (Å²) in [6.07, 6.45) is 0. The number of carboxylic acids is 1. The van der Waals surface area contributed by atoms with Crippen molar-refractivity contribution in [1.29, 1.82) is 0 Å². The molecular formula is C18H16ClN3O6S. The molecule has 152 valence electrons. The number of hydrogen-bond acceptors (Lipinski definition) is 6. The average Bonchev–Trinajstić information content (AvgIpc) is 3.01. The molecule has 4 rings (SSSR count). The fraction of sp³-hybridized carbons (Fsp3) is 0.389. The van der Waals surface area contributed by atoms with Crippen LogP contribution in [0, 0.1) is 0 Å². The minimum atomic E-state index is -1.22. The predicted octanol–water partition coefficient (Wildman–Crippen LogP) is 0.781. The first kappa shape index (κ1) is 19.7. The lowest BCUT2D eigenvalue weighted by Crippen LogP contribution is -2.74. The molecule has 4 amide bonds. The molecule has 0 spiro atoms. The van der Waals surface area contributed by atoms with E-state index in [9.17, 15) is 24.0 Å². The van der Waals surface area contributed by atoms with Crippen molar-refractivity contribution in [1.82, 2.24) is 14.1 Å². The van der Waals surface area contributed by atoms with Crippen LogP contribution >= 0.6 is 23.5 Å². The van der Waals surface area contributed by atoms with Crippen molar-refractivity contribution >= 4 is 53.1 Å². The van der Waals surface area contributed by atoms with Gasteiger partial charge in [-0.3, -0.25) is 33.2 Å². The zero-order valence-electron chi connectivity index (χ0n) is 15.4. The SMILES string of the molecule is CC1(C)SN(CC(=O)O)C(=O)[C@@H]1N1C(=O)[C@@H](N2C(=O)c3ccccc3C2=O)[C@@H]1Cl. The standard InChI is InChI=1S/C18H16ClN3O6S/c1-18(2)12(17(28)20(29-18)7-10(23)24)22-13(19)11(16(22)27)21-14(25)8-5-3-4-6-9(8)15(21)26/h3-6,11-13H,7H2,1-2H3,(H,23,24)/t11-,12-,13+/m0/s1. The van der Waals surface area contributed by atoms with Crippen molar-refractivity contribution < 1.29 is 29.1 Å². The Balaban J connectivity index is 1.59. The summed E-state index contributed by atoms with van der Waals surface area (Å²) in [5.74, 6) is -3.56. The van der Waals surface area contributed by atoms with Crippen LogP contribution in [0.5, 0.6) is 0 Å². The van der Waals surface area contributed by atoms with Crippen LogP contribution in [0.2, 0.25) is 0 Å². The number of hydrogen-bond donors (Lipinski definition) is 1. The summed E-state index contributed by atoms with van der Waals surface area (Å²) in [5, 5.41) is 9.00. The third kappa shape index (κ3) is 2.73. The van der Waals surface area contributed by atoms with Crippen molar-refractivity contribution in [3.8, 4) is 0 Å². The molecule has 1 aromatic rings. The summed E-state index contributed by atoms with van der Waals surface area (Å²) in [5.41, 5.74) is -0.690. The number of β-lactam (4-membered cyclic amide) rings is 1. The first-order valence-electron chi connectivity index (χ1n) is 8.71. The maximum absolute atomic E-state index is 12.9. The van der Waals surface area contributed by atoms with E-state index in [2.05, 4.69) is 0 Å². The molecule has 3 heterocycles. The van der Waals surface area contributed by atoms with Gasteiger partial charge in [-0.05, 0) is 37.9 Å². The van der Waals surface area contributed by atoms with Crippen LogP contribution in [0.1, 0.15) is 34.6 Å². The highest BCUT2D eigenvalue weighted by Crippen LogP contribution is 2.47. The van der Waals surface area contributed by atoms with Gasteiger partial charge in [0.15, 0.2) is 6.04 Å². The second-order valence-corrected chi connectivity index (χ2v) is 9.58. The Morgan fingerprint density at radius 2 is 1.66 bits per heavy atom. The van der Waals surface area contributed by atoms with Crippen molar-refractivity contribution in [2.45, 2.75) is 36.2 Å². The Hall–Kier alpha value is -2.59. The van der Waals surface area contributed by atoms with Gasteiger partial charge in [0.25, 0.3) is 23.6 Å². The van der Waals surface area contributed by atoms with Crippen LogP contribution in [-0.2, 0) is 14.4 Å². The number of amides is 4. The minimum Gasteiger partial charge on any atom is -0.480 e. The molecule has 1 N–H and O–H groups in total. The predicted molar refractivity (Wildman–Crippen MR) is 102 cm³/mol. The third-order valence-electron chi connectivity index (χ3n) is 5.18. The van der Waals surface area contributed by atoms with E-state index in [-0.39, 0.29) is 11.1 Å². The number of fused-ring (bicyclic) bond motifs is 1. The molecular weight excluding hydrogens is 422 g/mol. The number of carbonyl (C=O) groups excluding carboxylic acids is 4. The molecule has 0 saturated carbocycles. The van der Waals surface area contributed by atoms with Gasteiger partial charge in [0.2, 0.25) is 0 Å². The number of carboxylic acid groups (broad SMARTS) is 1. The lowest BCUT2D eigenvalue weighted by Gasteiger charge is -2.50. The van der Waals surface area contributed by atoms with E-state index >= 15 is 0 Å². The Morgan fingerprint density at radius 3 is 2.14 bits per heavy atom. The number of benzene rings is 1. The number of aliphatic carboxylic acids is 1. The second-order valence-electron chi connectivity index (χ2n) is 7.45. The Labute approximate surface area is 174 Å². The zero-order chi connectivity index (χ0) is 21.2. The van der Waals surface area contributed by atoms with Gasteiger partial charge in [-0.15, -0.1) is 0 Å². The highest BCUT2D eigenvalue weighted by molar-refractivity contribution is 7.99. The van der Waals surface area contributed by atoms with Crippen molar-refractivity contribution in [3.63, 3.8) is 0 Å². The topological polar surface area (TPSA) is 115 Å². The van der Waals surface area contributed by atoms with Gasteiger partial charge >= 0.3 is 5.97 Å². The van der Waals surface area contributed by atoms with Gasteiger partial charge in [-0.25, -0.2) is 0 Å². The lowest BCUT2D eigenvalue weighted by atomic mass is 9.93. The lowest BCUT2D eigenvalue weighted by molar-refractivity contribution is -0.160. The van der Waals surface area contributed by atoms with Gasteiger partial charge in [0.1, 0.15) is 18.1 Å². The molecule has 0 radical (unpaired) electrons. The number of alkyl halides is 1. The largest absolute Gasteiger partial charge is 0.480 e. The number of rotatable bonds is 4. The molecule has 11 heteroatoms. The van der Waals surface area contributed by atoms with E-state index in [0.717, 1.165) is 26.1 Å². The normalized spacial score (nSPS) is 28.1. The third-order valence-corrected chi connectivity index (χ3v) is 6.85. The highest BCUT2D eigenvalue weighted by Gasteiger charge is 2.63. The van der Waals surface area contributed by atoms with E-state index in [4.69, 9.17) is 16.7 Å². The molecule has 2 saturated heterocycles. The molecule has 1 aromatic carbocycles. The monoisotopic (exact) mass is 437 g/mol. The Kier molecular flexibility index (Phi) is 4.39. The van der Waals surface area contributed by atoms with Crippen LogP contribution in [0.25, 0.3) is 0 Å². The van der Waals surface area contributed by atoms with Crippen LogP contribution < -0.4 is 0 Å². The van der Waals surface area contributed by atoms with Gasteiger partial charge in [-0.1, -0.05) is 23.7 Å². The van der Waals surface area contributed by atoms with E-state index < -0.39 is 58.5 Å². The van der Waals surface area contributed by atoms with Crippen LogP contribution in [0.4, 0.5) is 0 Å². The summed E-state index contributed by atoms with van der Waals surface area (Å²) in [4.78, 5) is 64.0. The summed E-state index contributed by atoms with van der Waals surface area (Å²) in [7, 11) is 0. The first-order valence-corrected chi connectivity index (χ1v) is 9.92. The molecule has 0 bridgehead atoms.